The van der Waals surface area contributed by atoms with Gasteiger partial charge in [0, 0.05) is 43.7 Å². The lowest BCUT2D eigenvalue weighted by molar-refractivity contribution is -0.131. The number of rotatable bonds is 9. The molecule has 1 amide bonds. The van der Waals surface area contributed by atoms with Crippen molar-refractivity contribution in [3.8, 4) is 11.1 Å². The number of nitrogens with zero attached hydrogens (tertiary/aromatic N) is 2. The van der Waals surface area contributed by atoms with E-state index in [0.717, 1.165) is 28.5 Å². The third-order valence-corrected chi connectivity index (χ3v) is 9.19. The Labute approximate surface area is 236 Å². The summed E-state index contributed by atoms with van der Waals surface area (Å²) in [7, 11) is 0.881. The molecule has 0 aromatic heterocycles. The fourth-order valence-corrected chi connectivity index (χ4v) is 6.28. The maximum Gasteiger partial charge on any atom is 0.328 e. The first-order valence-electron chi connectivity index (χ1n) is 13.4. The molecule has 3 aromatic carbocycles. The van der Waals surface area contributed by atoms with Crippen LogP contribution in [-0.4, -0.2) is 51.0 Å². The van der Waals surface area contributed by atoms with E-state index in [0.29, 0.717) is 43.5 Å². The van der Waals surface area contributed by atoms with Crippen molar-refractivity contribution in [3.63, 3.8) is 0 Å². The minimum absolute atomic E-state index is 0.0466. The van der Waals surface area contributed by atoms with Gasteiger partial charge in [0.05, 0.1) is 11.8 Å². The zero-order valence-corrected chi connectivity index (χ0v) is 24.0. The lowest BCUT2D eigenvalue weighted by atomic mass is 9.87. The van der Waals surface area contributed by atoms with Gasteiger partial charge in [0.15, 0.2) is 0 Å². The minimum Gasteiger partial charge on any atom is -0.478 e. The number of carboxylic acids is 1. The smallest absolute Gasteiger partial charge is 0.328 e. The van der Waals surface area contributed by atoms with Gasteiger partial charge in [-0.2, -0.15) is 0 Å². The number of amides is 1. The van der Waals surface area contributed by atoms with Gasteiger partial charge in [-0.1, -0.05) is 48.5 Å². The van der Waals surface area contributed by atoms with E-state index in [1.54, 1.807) is 23.1 Å². The monoisotopic (exact) mass is 560 g/mol. The van der Waals surface area contributed by atoms with Crippen LogP contribution in [0.5, 0.6) is 0 Å². The molecule has 3 aromatic rings. The second-order valence-electron chi connectivity index (χ2n) is 10.6. The van der Waals surface area contributed by atoms with E-state index in [9.17, 15) is 18.0 Å². The largest absolute Gasteiger partial charge is 0.478 e. The van der Waals surface area contributed by atoms with Crippen LogP contribution in [-0.2, 0) is 26.0 Å². The molecule has 0 saturated heterocycles. The molecule has 4 rings (SSSR count). The Balaban J connectivity index is 1.59. The summed E-state index contributed by atoms with van der Waals surface area (Å²) < 4.78 is 24.1. The van der Waals surface area contributed by atoms with Crippen molar-refractivity contribution in [2.45, 2.75) is 37.5 Å². The Bertz CT molecular complexity index is 1470. The summed E-state index contributed by atoms with van der Waals surface area (Å²) in [6, 6.07) is 23.7. The number of sulfone groups is 1. The lowest BCUT2D eigenvalue weighted by Crippen LogP contribution is -2.39. The topological polar surface area (TPSA) is 95.0 Å². The van der Waals surface area contributed by atoms with Crippen molar-refractivity contribution in [1.82, 2.24) is 0 Å². The van der Waals surface area contributed by atoms with Crippen LogP contribution < -0.4 is 9.80 Å². The van der Waals surface area contributed by atoms with Gasteiger partial charge in [-0.3, -0.25) is 4.79 Å². The highest BCUT2D eigenvalue weighted by Gasteiger charge is 2.33. The average Bonchev–Trinajstić information content (AvgIpc) is 2.94. The Morgan fingerprint density at radius 3 is 2.02 bits per heavy atom. The summed E-state index contributed by atoms with van der Waals surface area (Å²) in [6.07, 6.45) is 5.84. The van der Waals surface area contributed by atoms with Crippen LogP contribution in [0, 0.1) is 5.92 Å². The van der Waals surface area contributed by atoms with E-state index in [1.165, 1.54) is 12.3 Å². The fourth-order valence-electron chi connectivity index (χ4n) is 5.16. The van der Waals surface area contributed by atoms with Crippen molar-refractivity contribution in [2.75, 3.05) is 30.2 Å². The van der Waals surface area contributed by atoms with Crippen LogP contribution in [0.1, 0.15) is 36.8 Å². The van der Waals surface area contributed by atoms with Crippen LogP contribution in [0.4, 0.5) is 11.4 Å². The number of carboxylic acid groups (broad SMARTS) is 1. The number of hydrogen-bond acceptors (Lipinski definition) is 5. The molecule has 1 aliphatic rings. The molecule has 210 valence electrons. The molecule has 0 radical (unpaired) electrons. The molecule has 1 fully saturated rings. The van der Waals surface area contributed by atoms with Crippen molar-refractivity contribution in [2.24, 2.45) is 5.92 Å². The molecule has 0 aliphatic heterocycles. The summed E-state index contributed by atoms with van der Waals surface area (Å²) >= 11 is 0. The summed E-state index contributed by atoms with van der Waals surface area (Å²) in [4.78, 5) is 28.7. The summed E-state index contributed by atoms with van der Waals surface area (Å²) in [5, 5.41) is 8.64. The van der Waals surface area contributed by atoms with Gasteiger partial charge < -0.3 is 14.9 Å². The Kier molecular flexibility index (Phi) is 9.10. The summed E-state index contributed by atoms with van der Waals surface area (Å²) in [5.74, 6) is -1.36. The molecule has 0 atom stereocenters. The first-order chi connectivity index (χ1) is 19.0. The average molecular weight is 561 g/mol. The second-order valence-corrected chi connectivity index (χ2v) is 13.0. The highest BCUT2D eigenvalue weighted by atomic mass is 32.2. The van der Waals surface area contributed by atoms with E-state index in [2.05, 4.69) is 29.2 Å². The van der Waals surface area contributed by atoms with E-state index in [-0.39, 0.29) is 11.8 Å². The molecule has 8 heteroatoms. The summed E-state index contributed by atoms with van der Waals surface area (Å²) in [6.45, 7) is 0.344. The molecular formula is C32H36N2O5S. The normalized spacial score (nSPS) is 17.5. The number of carbonyl (C=O) groups excluding carboxylic acids is 1. The number of hydrogen-bond donors (Lipinski definition) is 1. The quantitative estimate of drug-likeness (QED) is 0.340. The first kappa shape index (κ1) is 29.1. The maximum atomic E-state index is 13.9. The van der Waals surface area contributed by atoms with Crippen LogP contribution >= 0.6 is 0 Å². The highest BCUT2D eigenvalue weighted by molar-refractivity contribution is 7.91. The van der Waals surface area contributed by atoms with Crippen LogP contribution in [0.2, 0.25) is 0 Å². The van der Waals surface area contributed by atoms with Gasteiger partial charge >= 0.3 is 5.97 Å². The molecule has 0 heterocycles. The highest BCUT2D eigenvalue weighted by Crippen LogP contribution is 2.32. The van der Waals surface area contributed by atoms with Crippen LogP contribution in [0.3, 0.4) is 0 Å². The standard InChI is InChI=1S/C32H36N2O5S/c1-33(2)28-16-12-26(13-17-28)25-10-7-24(8-11-25)22-34(29-6-4-5-23(21-29)9-20-31(35)36)32(37)27-14-18-30(19-15-27)40(3,38)39/h4-13,16-17,20-21,27,30H,14-15,18-19,22H2,1-3H3,(H,35,36). The molecular weight excluding hydrogens is 524 g/mol. The molecule has 1 saturated carbocycles. The zero-order valence-electron chi connectivity index (χ0n) is 23.2. The third-order valence-electron chi connectivity index (χ3n) is 7.51. The van der Waals surface area contributed by atoms with Gasteiger partial charge in [0.25, 0.3) is 0 Å². The predicted octanol–water partition coefficient (Wildman–Crippen LogP) is 5.65. The third kappa shape index (κ3) is 7.39. The van der Waals surface area contributed by atoms with Gasteiger partial charge in [-0.25, -0.2) is 13.2 Å². The van der Waals surface area contributed by atoms with Crippen LogP contribution in [0.25, 0.3) is 17.2 Å². The molecule has 1 N–H and O–H groups in total. The Morgan fingerprint density at radius 1 is 0.875 bits per heavy atom. The van der Waals surface area contributed by atoms with Crippen LogP contribution in [0.15, 0.2) is 78.9 Å². The lowest BCUT2D eigenvalue weighted by Gasteiger charge is -2.32. The second kappa shape index (κ2) is 12.5. The molecule has 0 unspecified atom stereocenters. The molecule has 40 heavy (non-hydrogen) atoms. The molecule has 0 bridgehead atoms. The maximum absolute atomic E-state index is 13.9. The summed E-state index contributed by atoms with van der Waals surface area (Å²) in [5.41, 5.74) is 5.61. The van der Waals surface area contributed by atoms with E-state index in [1.807, 2.05) is 44.4 Å². The zero-order chi connectivity index (χ0) is 28.9. The Hall–Kier alpha value is -3.91. The van der Waals surface area contributed by atoms with E-state index >= 15 is 0 Å². The number of carbonyl (C=O) groups is 2. The van der Waals surface area contributed by atoms with Crippen molar-refractivity contribution in [1.29, 1.82) is 0 Å². The number of benzene rings is 3. The predicted molar refractivity (Wildman–Crippen MR) is 161 cm³/mol. The first-order valence-corrected chi connectivity index (χ1v) is 15.3. The van der Waals surface area contributed by atoms with Crippen molar-refractivity contribution >= 4 is 39.2 Å². The Morgan fingerprint density at radius 2 is 1.48 bits per heavy atom. The minimum atomic E-state index is -3.13. The number of anilines is 2. The molecule has 0 spiro atoms. The van der Waals surface area contributed by atoms with E-state index < -0.39 is 21.1 Å². The van der Waals surface area contributed by atoms with Gasteiger partial charge in [0.2, 0.25) is 5.91 Å². The van der Waals surface area contributed by atoms with E-state index in [4.69, 9.17) is 5.11 Å². The molecule has 7 nitrogen and oxygen atoms in total. The van der Waals surface area contributed by atoms with Gasteiger partial charge in [-0.15, -0.1) is 0 Å². The van der Waals surface area contributed by atoms with Gasteiger partial charge in [-0.05, 0) is 78.3 Å². The fraction of sp³-hybridized carbons (Fsp3) is 0.312. The van der Waals surface area contributed by atoms with Gasteiger partial charge in [0.1, 0.15) is 9.84 Å². The van der Waals surface area contributed by atoms with Crippen molar-refractivity contribution in [3.05, 3.63) is 90.0 Å². The van der Waals surface area contributed by atoms with Crippen molar-refractivity contribution < 1.29 is 23.1 Å². The number of aliphatic carboxylic acids is 1. The molecule has 1 aliphatic carbocycles. The SMILES string of the molecule is CN(C)c1ccc(-c2ccc(CN(C(=O)C3CCC(S(C)(=O)=O)CC3)c3cccc(C=CC(=O)O)c3)cc2)cc1.